The van der Waals surface area contributed by atoms with Crippen molar-refractivity contribution in [3.8, 4) is 0 Å². The minimum Gasteiger partial charge on any atom is -0.478 e. The number of hydrogen-bond acceptors (Lipinski definition) is 3. The van der Waals surface area contributed by atoms with E-state index in [0.717, 1.165) is 12.1 Å². The molecule has 2 aromatic carbocycles. The lowest BCUT2D eigenvalue weighted by molar-refractivity contribution is -0.127. The Labute approximate surface area is 180 Å². The van der Waals surface area contributed by atoms with E-state index in [4.69, 9.17) is 10.8 Å². The summed E-state index contributed by atoms with van der Waals surface area (Å²) in [7, 11) is 0. The molecule has 2 aromatic rings. The Kier molecular flexibility index (Phi) is 7.38. The summed E-state index contributed by atoms with van der Waals surface area (Å²) in [5.74, 6) is -1.34. The lowest BCUT2D eigenvalue weighted by Gasteiger charge is -2.52. The Bertz CT molecular complexity index is 861. The lowest BCUT2D eigenvalue weighted by Crippen LogP contribution is -2.58. The van der Waals surface area contributed by atoms with Crippen molar-refractivity contribution in [2.75, 3.05) is 13.1 Å². The number of carbonyl (C=O) groups is 1. The zero-order chi connectivity index (χ0) is 22.5. The van der Waals surface area contributed by atoms with Crippen molar-refractivity contribution in [3.05, 3.63) is 71.3 Å². The minimum absolute atomic E-state index is 0.190. The number of likely N-dealkylation sites (tertiary alicyclic amines) is 1. The fraction of sp³-hybridized carbons (Fsp3) is 0.458. The van der Waals surface area contributed by atoms with Gasteiger partial charge in [-0.25, -0.2) is 4.79 Å². The molecule has 2 fully saturated rings. The minimum atomic E-state index is -4.38. The molecule has 0 aromatic heterocycles. The van der Waals surface area contributed by atoms with Crippen LogP contribution in [0.3, 0.4) is 0 Å². The average Bonchev–Trinajstić information content (AvgIpc) is 3.22. The van der Waals surface area contributed by atoms with E-state index in [1.165, 1.54) is 62.9 Å². The molecule has 1 atom stereocenters. The molecule has 7 heteroatoms. The van der Waals surface area contributed by atoms with Gasteiger partial charge in [-0.1, -0.05) is 48.5 Å². The number of aromatic carboxylic acids is 1. The highest BCUT2D eigenvalue weighted by Gasteiger charge is 2.48. The number of nitrogens with zero attached hydrogens (tertiary/aromatic N) is 1. The van der Waals surface area contributed by atoms with Gasteiger partial charge in [0.25, 0.3) is 0 Å². The molecule has 0 radical (unpaired) electrons. The standard InChI is InChI=1S/C15H22N2.C9H7F3O2/c16-14(13-7-2-1-3-8-13)15(9-6-10-15)17-11-4-5-12-17;10-9(11,12)5-6-3-1-2-4-7(6)8(13)14/h1-3,7-8,14H,4-6,9-12,16H2;1-4H,5H2,(H,13,14). The third-order valence-corrected chi connectivity index (χ3v) is 6.33. The summed E-state index contributed by atoms with van der Waals surface area (Å²) in [5, 5.41) is 8.60. The van der Waals surface area contributed by atoms with E-state index in [1.807, 2.05) is 0 Å². The fourth-order valence-electron chi connectivity index (χ4n) is 4.60. The van der Waals surface area contributed by atoms with Crippen molar-refractivity contribution in [2.45, 2.75) is 56.3 Å². The molecular formula is C24H29F3N2O2. The maximum absolute atomic E-state index is 12.0. The van der Waals surface area contributed by atoms with E-state index >= 15 is 0 Å². The quantitative estimate of drug-likeness (QED) is 0.679. The number of alkyl halides is 3. The molecule has 1 aliphatic heterocycles. The molecule has 168 valence electrons. The van der Waals surface area contributed by atoms with Gasteiger partial charge in [-0.2, -0.15) is 13.2 Å². The van der Waals surface area contributed by atoms with Gasteiger partial charge in [0.05, 0.1) is 12.0 Å². The van der Waals surface area contributed by atoms with Crippen molar-refractivity contribution in [2.24, 2.45) is 5.73 Å². The van der Waals surface area contributed by atoms with Crippen LogP contribution < -0.4 is 5.73 Å². The normalized spacial score (nSPS) is 19.1. The molecule has 0 spiro atoms. The number of rotatable bonds is 5. The van der Waals surface area contributed by atoms with E-state index in [-0.39, 0.29) is 22.7 Å². The topological polar surface area (TPSA) is 66.6 Å². The van der Waals surface area contributed by atoms with E-state index in [2.05, 4.69) is 35.2 Å². The molecule has 4 nitrogen and oxygen atoms in total. The van der Waals surface area contributed by atoms with Crippen LogP contribution in [-0.4, -0.2) is 40.8 Å². The number of halogens is 3. The molecule has 1 saturated heterocycles. The Morgan fingerprint density at radius 3 is 2.10 bits per heavy atom. The van der Waals surface area contributed by atoms with Crippen molar-refractivity contribution < 1.29 is 23.1 Å². The zero-order valence-electron chi connectivity index (χ0n) is 17.4. The monoisotopic (exact) mass is 434 g/mol. The van der Waals surface area contributed by atoms with Gasteiger partial charge in [-0.3, -0.25) is 4.90 Å². The van der Waals surface area contributed by atoms with Gasteiger partial charge in [0.2, 0.25) is 0 Å². The largest absolute Gasteiger partial charge is 0.478 e. The second kappa shape index (κ2) is 9.83. The molecule has 4 rings (SSSR count). The number of carboxylic acids is 1. The number of hydrogen-bond donors (Lipinski definition) is 2. The molecule has 1 saturated carbocycles. The summed E-state index contributed by atoms with van der Waals surface area (Å²) in [6.45, 7) is 2.50. The van der Waals surface area contributed by atoms with Crippen LogP contribution in [-0.2, 0) is 6.42 Å². The summed E-state index contributed by atoms with van der Waals surface area (Å²) in [5.41, 5.74) is 7.64. The van der Waals surface area contributed by atoms with Crippen LogP contribution in [0.1, 0.15) is 59.6 Å². The maximum atomic E-state index is 12.0. The van der Waals surface area contributed by atoms with Gasteiger partial charge >= 0.3 is 12.1 Å². The Morgan fingerprint density at radius 1 is 1.00 bits per heavy atom. The third kappa shape index (κ3) is 5.66. The molecular weight excluding hydrogens is 405 g/mol. The van der Waals surface area contributed by atoms with Gasteiger partial charge in [0, 0.05) is 11.6 Å². The fourth-order valence-corrected chi connectivity index (χ4v) is 4.60. The van der Waals surface area contributed by atoms with Crippen molar-refractivity contribution in [1.82, 2.24) is 4.90 Å². The highest BCUT2D eigenvalue weighted by atomic mass is 19.4. The van der Waals surface area contributed by atoms with Gasteiger partial charge in [0.15, 0.2) is 0 Å². The predicted octanol–water partition coefficient (Wildman–Crippen LogP) is 5.19. The summed E-state index contributed by atoms with van der Waals surface area (Å²) in [6, 6.07) is 15.9. The predicted molar refractivity (Wildman–Crippen MR) is 114 cm³/mol. The number of benzene rings is 2. The van der Waals surface area contributed by atoms with Crippen LogP contribution in [0.5, 0.6) is 0 Å². The average molecular weight is 435 g/mol. The Morgan fingerprint density at radius 2 is 1.58 bits per heavy atom. The first-order valence-corrected chi connectivity index (χ1v) is 10.7. The molecule has 1 unspecified atom stereocenters. The highest BCUT2D eigenvalue weighted by Crippen LogP contribution is 2.46. The SMILES string of the molecule is NC(c1ccccc1)C1(N2CCCC2)CCC1.O=C(O)c1ccccc1CC(F)(F)F. The van der Waals surface area contributed by atoms with Crippen molar-refractivity contribution in [1.29, 1.82) is 0 Å². The number of carboxylic acid groups (broad SMARTS) is 1. The molecule has 31 heavy (non-hydrogen) atoms. The van der Waals surface area contributed by atoms with Gasteiger partial charge in [-0.15, -0.1) is 0 Å². The molecule has 0 bridgehead atoms. The summed E-state index contributed by atoms with van der Waals surface area (Å²) < 4.78 is 36.0. The van der Waals surface area contributed by atoms with Crippen molar-refractivity contribution in [3.63, 3.8) is 0 Å². The van der Waals surface area contributed by atoms with E-state index in [0.29, 0.717) is 0 Å². The molecule has 1 aliphatic carbocycles. The van der Waals surface area contributed by atoms with Crippen LogP contribution >= 0.6 is 0 Å². The van der Waals surface area contributed by atoms with Gasteiger partial charge < -0.3 is 10.8 Å². The zero-order valence-corrected chi connectivity index (χ0v) is 17.4. The first kappa shape index (κ1) is 23.3. The van der Waals surface area contributed by atoms with Crippen LogP contribution in [0.25, 0.3) is 0 Å². The van der Waals surface area contributed by atoms with E-state index in [1.54, 1.807) is 0 Å². The van der Waals surface area contributed by atoms with Crippen molar-refractivity contribution >= 4 is 5.97 Å². The maximum Gasteiger partial charge on any atom is 0.393 e. The van der Waals surface area contributed by atoms with Crippen LogP contribution in [0, 0.1) is 0 Å². The van der Waals surface area contributed by atoms with Crippen LogP contribution in [0.2, 0.25) is 0 Å². The molecule has 2 aliphatic rings. The second-order valence-corrected chi connectivity index (χ2v) is 8.29. The third-order valence-electron chi connectivity index (χ3n) is 6.33. The summed E-state index contributed by atoms with van der Waals surface area (Å²) in [6.07, 6.45) is 1.01. The number of nitrogens with two attached hydrogens (primary N) is 1. The van der Waals surface area contributed by atoms with Gasteiger partial charge in [0.1, 0.15) is 0 Å². The van der Waals surface area contributed by atoms with E-state index in [9.17, 15) is 18.0 Å². The summed E-state index contributed by atoms with van der Waals surface area (Å²) >= 11 is 0. The Balaban J connectivity index is 0.000000180. The molecule has 0 amide bonds. The second-order valence-electron chi connectivity index (χ2n) is 8.29. The molecule has 3 N–H and O–H groups in total. The summed E-state index contributed by atoms with van der Waals surface area (Å²) in [4.78, 5) is 13.2. The van der Waals surface area contributed by atoms with E-state index < -0.39 is 18.6 Å². The Hall–Kier alpha value is -2.38. The van der Waals surface area contributed by atoms with Crippen LogP contribution in [0.4, 0.5) is 13.2 Å². The smallest absolute Gasteiger partial charge is 0.393 e. The lowest BCUT2D eigenvalue weighted by atomic mass is 9.68. The van der Waals surface area contributed by atoms with Crippen LogP contribution in [0.15, 0.2) is 54.6 Å². The first-order valence-electron chi connectivity index (χ1n) is 10.7. The molecule has 1 heterocycles. The highest BCUT2D eigenvalue weighted by molar-refractivity contribution is 5.89. The van der Waals surface area contributed by atoms with Gasteiger partial charge in [-0.05, 0) is 62.4 Å². The first-order chi connectivity index (χ1) is 14.7.